The molecule has 1 aromatic heterocycles. The lowest BCUT2D eigenvalue weighted by Gasteiger charge is -2.21. The topological polar surface area (TPSA) is 63.4 Å². The fourth-order valence-electron chi connectivity index (χ4n) is 4.31. The maximum absolute atomic E-state index is 13.1. The largest absolute Gasteiger partial charge is 0.439 e. The van der Waals surface area contributed by atoms with Crippen LogP contribution in [0.4, 0.5) is 13.2 Å². The van der Waals surface area contributed by atoms with E-state index in [1.165, 1.54) is 16.4 Å². The zero-order chi connectivity index (χ0) is 23.9. The van der Waals surface area contributed by atoms with Crippen LogP contribution in [0, 0.1) is 0 Å². The van der Waals surface area contributed by atoms with Crippen LogP contribution in [0.25, 0.3) is 22.2 Å². The van der Waals surface area contributed by atoms with Gasteiger partial charge in [0.2, 0.25) is 15.9 Å². The summed E-state index contributed by atoms with van der Waals surface area (Å²) in [4.78, 5) is 4.56. The predicted molar refractivity (Wildman–Crippen MR) is 122 cm³/mol. The fourth-order valence-corrected chi connectivity index (χ4v) is 6.08. The third-order valence-corrected chi connectivity index (χ3v) is 7.84. The summed E-state index contributed by atoms with van der Waals surface area (Å²) in [6.45, 7) is 0.398. The summed E-state index contributed by atoms with van der Waals surface area (Å²) in [5.74, 6) is 0.233. The molecule has 1 aliphatic rings. The first-order chi connectivity index (χ1) is 16.2. The van der Waals surface area contributed by atoms with Crippen LogP contribution in [0.3, 0.4) is 0 Å². The lowest BCUT2D eigenvalue weighted by atomic mass is 10.0. The van der Waals surface area contributed by atoms with E-state index in [1.807, 2.05) is 6.07 Å². The van der Waals surface area contributed by atoms with E-state index in [0.717, 1.165) is 12.1 Å². The van der Waals surface area contributed by atoms with Crippen LogP contribution in [0.2, 0.25) is 0 Å². The van der Waals surface area contributed by atoms with E-state index in [9.17, 15) is 21.6 Å². The van der Waals surface area contributed by atoms with Gasteiger partial charge >= 0.3 is 6.18 Å². The molecule has 1 saturated heterocycles. The number of nitrogens with zero attached hydrogens (tertiary/aromatic N) is 2. The summed E-state index contributed by atoms with van der Waals surface area (Å²) < 4.78 is 72.2. The Morgan fingerprint density at radius 3 is 2.38 bits per heavy atom. The number of oxazole rings is 1. The van der Waals surface area contributed by atoms with Gasteiger partial charge in [-0.15, -0.1) is 0 Å². The van der Waals surface area contributed by atoms with Gasteiger partial charge in [0.25, 0.3) is 0 Å². The van der Waals surface area contributed by atoms with Gasteiger partial charge in [-0.05, 0) is 53.8 Å². The SMILES string of the molecule is O=S(=O)(Cc1ccccc1)N1CCC[C@H]1c1nc2cc(-c3ccc(C(F)(F)F)cc3)ccc2o1. The summed E-state index contributed by atoms with van der Waals surface area (Å²) >= 11 is 0. The van der Waals surface area contributed by atoms with Crippen LogP contribution < -0.4 is 0 Å². The molecule has 5 rings (SSSR count). The first-order valence-electron chi connectivity index (χ1n) is 10.8. The monoisotopic (exact) mass is 486 g/mol. The number of alkyl halides is 3. The molecule has 0 bridgehead atoms. The second-order valence-electron chi connectivity index (χ2n) is 8.32. The molecule has 0 radical (unpaired) electrons. The minimum atomic E-state index is -4.39. The van der Waals surface area contributed by atoms with Crippen LogP contribution in [-0.2, 0) is 22.0 Å². The highest BCUT2D eigenvalue weighted by Gasteiger charge is 2.38. The second kappa shape index (κ2) is 8.56. The number of benzene rings is 3. The maximum Gasteiger partial charge on any atom is 0.416 e. The van der Waals surface area contributed by atoms with E-state index in [0.29, 0.717) is 53.1 Å². The van der Waals surface area contributed by atoms with Gasteiger partial charge in [0.1, 0.15) is 11.6 Å². The molecule has 1 aliphatic heterocycles. The van der Waals surface area contributed by atoms with Crippen molar-refractivity contribution in [1.29, 1.82) is 0 Å². The summed E-state index contributed by atoms with van der Waals surface area (Å²) in [5, 5.41) is 0. The first kappa shape index (κ1) is 22.6. The van der Waals surface area contributed by atoms with E-state index < -0.39 is 27.8 Å². The molecule has 1 atom stereocenters. The molecule has 34 heavy (non-hydrogen) atoms. The van der Waals surface area contributed by atoms with Crippen molar-refractivity contribution in [1.82, 2.24) is 9.29 Å². The molecule has 0 aliphatic carbocycles. The van der Waals surface area contributed by atoms with Crippen LogP contribution in [-0.4, -0.2) is 24.3 Å². The van der Waals surface area contributed by atoms with Crippen LogP contribution in [0.15, 0.2) is 77.2 Å². The summed E-state index contributed by atoms with van der Waals surface area (Å²) in [6.07, 6.45) is -3.08. The zero-order valence-corrected chi connectivity index (χ0v) is 18.8. The Morgan fingerprint density at radius 1 is 0.971 bits per heavy atom. The van der Waals surface area contributed by atoms with Crippen LogP contribution >= 0.6 is 0 Å². The highest BCUT2D eigenvalue weighted by molar-refractivity contribution is 7.88. The maximum atomic E-state index is 13.1. The third kappa shape index (κ3) is 4.45. The molecule has 3 aromatic carbocycles. The number of halogens is 3. The highest BCUT2D eigenvalue weighted by atomic mass is 32.2. The molecule has 1 fully saturated rings. The Labute approximate surface area is 194 Å². The average Bonchev–Trinajstić information content (AvgIpc) is 3.46. The Bertz CT molecular complexity index is 1420. The number of sulfonamides is 1. The Kier molecular flexibility index (Phi) is 5.69. The van der Waals surface area contributed by atoms with Gasteiger partial charge in [-0.25, -0.2) is 13.4 Å². The lowest BCUT2D eigenvalue weighted by molar-refractivity contribution is -0.137. The number of rotatable bonds is 5. The molecule has 0 spiro atoms. The molecule has 9 heteroatoms. The van der Waals surface area contributed by atoms with Crippen molar-refractivity contribution in [2.24, 2.45) is 0 Å². The summed E-state index contributed by atoms with van der Waals surface area (Å²) in [7, 11) is -3.57. The zero-order valence-electron chi connectivity index (χ0n) is 18.0. The molecule has 4 aromatic rings. The normalized spacial score (nSPS) is 17.4. The molecule has 176 valence electrons. The molecule has 0 N–H and O–H groups in total. The Balaban J connectivity index is 1.42. The number of hydrogen-bond donors (Lipinski definition) is 0. The van der Waals surface area contributed by atoms with Gasteiger partial charge in [0.15, 0.2) is 5.58 Å². The number of hydrogen-bond acceptors (Lipinski definition) is 4. The van der Waals surface area contributed by atoms with E-state index >= 15 is 0 Å². The van der Waals surface area contributed by atoms with Gasteiger partial charge in [-0.3, -0.25) is 0 Å². The molecule has 0 amide bonds. The number of aromatic nitrogens is 1. The molecular weight excluding hydrogens is 465 g/mol. The van der Waals surface area contributed by atoms with Gasteiger partial charge in [0, 0.05) is 6.54 Å². The highest BCUT2D eigenvalue weighted by Crippen LogP contribution is 2.37. The van der Waals surface area contributed by atoms with Gasteiger partial charge in [-0.2, -0.15) is 17.5 Å². The molecule has 2 heterocycles. The van der Waals surface area contributed by atoms with Gasteiger partial charge in [0.05, 0.1) is 11.3 Å². The van der Waals surface area contributed by atoms with Crippen molar-refractivity contribution < 1.29 is 26.0 Å². The van der Waals surface area contributed by atoms with E-state index in [2.05, 4.69) is 4.98 Å². The first-order valence-corrected chi connectivity index (χ1v) is 12.4. The standard InChI is InChI=1S/C25H21F3N2O3S/c26-25(27,28)20-11-8-18(9-12-20)19-10-13-23-21(15-19)29-24(33-23)22-7-4-14-30(22)34(31,32)16-17-5-2-1-3-6-17/h1-3,5-6,8-13,15,22H,4,7,14,16H2/t22-/m0/s1. The van der Waals surface area contributed by atoms with E-state index in [1.54, 1.807) is 42.5 Å². The van der Waals surface area contributed by atoms with Crippen molar-refractivity contribution in [3.8, 4) is 11.1 Å². The minimum absolute atomic E-state index is 0.0946. The van der Waals surface area contributed by atoms with Crippen LogP contribution in [0.1, 0.15) is 35.9 Å². The molecule has 0 saturated carbocycles. The number of fused-ring (bicyclic) bond motifs is 1. The molecule has 5 nitrogen and oxygen atoms in total. The lowest BCUT2D eigenvalue weighted by Crippen LogP contribution is -2.31. The fraction of sp³-hybridized carbons (Fsp3) is 0.240. The van der Waals surface area contributed by atoms with Crippen molar-refractivity contribution in [2.45, 2.75) is 30.8 Å². The Hall–Kier alpha value is -3.17. The predicted octanol–water partition coefficient (Wildman–Crippen LogP) is 6.18. The quantitative estimate of drug-likeness (QED) is 0.338. The van der Waals surface area contributed by atoms with Gasteiger partial charge in [-0.1, -0.05) is 48.5 Å². The van der Waals surface area contributed by atoms with Crippen molar-refractivity contribution in [3.05, 3.63) is 89.8 Å². The summed E-state index contributed by atoms with van der Waals surface area (Å²) in [5.41, 5.74) is 2.34. The second-order valence-corrected chi connectivity index (χ2v) is 10.2. The molecular formula is C25H21F3N2O3S. The van der Waals surface area contributed by atoms with Gasteiger partial charge < -0.3 is 4.42 Å². The van der Waals surface area contributed by atoms with Crippen molar-refractivity contribution in [3.63, 3.8) is 0 Å². The van der Waals surface area contributed by atoms with Crippen molar-refractivity contribution in [2.75, 3.05) is 6.54 Å². The van der Waals surface area contributed by atoms with E-state index in [4.69, 9.17) is 4.42 Å². The van der Waals surface area contributed by atoms with E-state index in [-0.39, 0.29) is 5.75 Å². The smallest absolute Gasteiger partial charge is 0.416 e. The average molecular weight is 487 g/mol. The minimum Gasteiger partial charge on any atom is -0.439 e. The third-order valence-electron chi connectivity index (χ3n) is 5.99. The Morgan fingerprint density at radius 2 is 1.68 bits per heavy atom. The summed E-state index contributed by atoms with van der Waals surface area (Å²) in [6, 6.07) is 18.6. The van der Waals surface area contributed by atoms with Crippen LogP contribution in [0.5, 0.6) is 0 Å². The van der Waals surface area contributed by atoms with Crippen molar-refractivity contribution >= 4 is 21.1 Å². The molecule has 0 unspecified atom stereocenters.